The normalized spacial score (nSPS) is 14.3. The van der Waals surface area contributed by atoms with Crippen molar-refractivity contribution in [1.82, 2.24) is 29.5 Å². The average molecular weight is 579 g/mol. The zero-order chi connectivity index (χ0) is 30.3. The molecule has 6 rings (SSSR count). The molecule has 0 bridgehead atoms. The number of aryl methyl sites for hydroxylation is 1. The first-order chi connectivity index (χ1) is 20.8. The van der Waals surface area contributed by atoms with Crippen LogP contribution < -0.4 is 15.0 Å². The maximum absolute atomic E-state index is 9.69. The highest BCUT2D eigenvalue weighted by atomic mass is 16.5. The third-order valence-electron chi connectivity index (χ3n) is 7.33. The van der Waals surface area contributed by atoms with E-state index < -0.39 is 0 Å². The average Bonchev–Trinajstić information content (AvgIpc) is 3.41. The van der Waals surface area contributed by atoms with E-state index in [1.54, 1.807) is 17.2 Å². The van der Waals surface area contributed by atoms with Crippen LogP contribution in [0.15, 0.2) is 67.9 Å². The van der Waals surface area contributed by atoms with E-state index in [1.165, 1.54) is 29.7 Å². The highest BCUT2D eigenvalue weighted by molar-refractivity contribution is 5.90. The minimum absolute atomic E-state index is 0.0185. The Morgan fingerprint density at radius 3 is 2.77 bits per heavy atom. The number of fused-ring (bicyclic) bond motifs is 3. The minimum Gasteiger partial charge on any atom is -0.489 e. The molecule has 0 radical (unpaired) electrons. The Morgan fingerprint density at radius 2 is 2.00 bits per heavy atom. The Labute approximate surface area is 251 Å². The first-order valence-electron chi connectivity index (χ1n) is 14.7. The summed E-state index contributed by atoms with van der Waals surface area (Å²) in [5.74, 6) is 2.81. The molecule has 1 atom stereocenters. The van der Waals surface area contributed by atoms with Crippen LogP contribution in [0.3, 0.4) is 0 Å². The van der Waals surface area contributed by atoms with Gasteiger partial charge in [-0.15, -0.1) is 0 Å². The van der Waals surface area contributed by atoms with Gasteiger partial charge in [0.1, 0.15) is 18.2 Å². The third-order valence-corrected chi connectivity index (χ3v) is 7.33. The molecule has 1 N–H and O–H groups in total. The van der Waals surface area contributed by atoms with Gasteiger partial charge in [0.25, 0.3) is 0 Å². The SMILES string of the molecule is C=CC(C)=O.CCCCN1CC(C)COc2cc3ncnc(Nc4ccc(Cc5ccn6ncnc6c5)c(C)c4)c3nc21. The van der Waals surface area contributed by atoms with Crippen LogP contribution in [0.4, 0.5) is 17.3 Å². The second kappa shape index (κ2) is 13.4. The van der Waals surface area contributed by atoms with E-state index in [-0.39, 0.29) is 5.78 Å². The molecule has 4 aromatic heterocycles. The number of hydrogen-bond acceptors (Lipinski definition) is 9. The Bertz CT molecular complexity index is 1750. The molecule has 5 heterocycles. The Hall–Kier alpha value is -4.86. The largest absolute Gasteiger partial charge is 0.489 e. The summed E-state index contributed by atoms with van der Waals surface area (Å²) in [7, 11) is 0. The van der Waals surface area contributed by atoms with Gasteiger partial charge in [-0.3, -0.25) is 4.79 Å². The lowest BCUT2D eigenvalue weighted by molar-refractivity contribution is -0.112. The molecule has 0 aliphatic carbocycles. The standard InChI is InChI=1S/C29H32N8O.C4H6O/c1-4-5-9-36-15-19(2)16-38-25-14-24-27(35-29(25)36)28(32-17-30-24)34-23-7-6-22(20(3)11-23)12-21-8-10-37-26(13-21)31-18-33-37;1-3-4(2)5/h6-8,10-11,13-14,17-19H,4-5,9,12,15-16H2,1-3H3,(H,30,32,34);3H,1H2,2H3. The summed E-state index contributed by atoms with van der Waals surface area (Å²) in [5, 5.41) is 7.67. The number of hydrogen-bond donors (Lipinski definition) is 1. The number of carbonyl (C=O) groups excluding carboxylic acids is 1. The predicted molar refractivity (Wildman–Crippen MR) is 170 cm³/mol. The molecular formula is C33H38N8O2. The number of aromatic nitrogens is 6. The maximum Gasteiger partial charge on any atom is 0.172 e. The predicted octanol–water partition coefficient (Wildman–Crippen LogP) is 6.11. The van der Waals surface area contributed by atoms with Crippen LogP contribution in [-0.4, -0.2) is 55.0 Å². The van der Waals surface area contributed by atoms with E-state index >= 15 is 0 Å². The van der Waals surface area contributed by atoms with Crippen LogP contribution in [0, 0.1) is 12.8 Å². The van der Waals surface area contributed by atoms with Crippen molar-refractivity contribution in [2.45, 2.75) is 47.0 Å². The van der Waals surface area contributed by atoms with Crippen LogP contribution >= 0.6 is 0 Å². The fourth-order valence-corrected chi connectivity index (χ4v) is 4.97. The number of carbonyl (C=O) groups is 1. The van der Waals surface area contributed by atoms with Gasteiger partial charge in [-0.2, -0.15) is 5.10 Å². The van der Waals surface area contributed by atoms with Crippen molar-refractivity contribution in [2.75, 3.05) is 29.9 Å². The number of nitrogens with zero attached hydrogens (tertiary/aromatic N) is 7. The lowest BCUT2D eigenvalue weighted by Gasteiger charge is -2.24. The number of nitrogens with one attached hydrogen (secondary N) is 1. The smallest absolute Gasteiger partial charge is 0.172 e. The van der Waals surface area contributed by atoms with Crippen molar-refractivity contribution < 1.29 is 9.53 Å². The van der Waals surface area contributed by atoms with Gasteiger partial charge in [0.05, 0.1) is 12.1 Å². The molecule has 1 aromatic carbocycles. The molecule has 0 spiro atoms. The number of anilines is 3. The number of pyridine rings is 2. The molecule has 1 aliphatic rings. The first-order valence-corrected chi connectivity index (χ1v) is 14.7. The van der Waals surface area contributed by atoms with E-state index in [0.29, 0.717) is 18.3 Å². The van der Waals surface area contributed by atoms with Gasteiger partial charge in [-0.25, -0.2) is 24.5 Å². The fraction of sp³-hybridized carbons (Fsp3) is 0.333. The van der Waals surface area contributed by atoms with Crippen LogP contribution in [0.1, 0.15) is 50.3 Å². The van der Waals surface area contributed by atoms with Gasteiger partial charge in [0.15, 0.2) is 28.8 Å². The number of ketones is 1. The highest BCUT2D eigenvalue weighted by Crippen LogP contribution is 2.35. The van der Waals surface area contributed by atoms with E-state index in [9.17, 15) is 4.79 Å². The van der Waals surface area contributed by atoms with E-state index in [4.69, 9.17) is 9.72 Å². The summed E-state index contributed by atoms with van der Waals surface area (Å²) in [6.07, 6.45) is 9.45. The first kappa shape index (κ1) is 29.6. The van der Waals surface area contributed by atoms with Gasteiger partial charge in [0.2, 0.25) is 0 Å². The van der Waals surface area contributed by atoms with Crippen LogP contribution in [0.25, 0.3) is 16.7 Å². The number of allylic oxidation sites excluding steroid dienone is 1. The summed E-state index contributed by atoms with van der Waals surface area (Å²) in [6.45, 7) is 13.8. The molecule has 10 heteroatoms. The number of rotatable bonds is 8. The lowest BCUT2D eigenvalue weighted by Crippen LogP contribution is -2.30. The van der Waals surface area contributed by atoms with Gasteiger partial charge in [0, 0.05) is 37.0 Å². The summed E-state index contributed by atoms with van der Waals surface area (Å²) in [6, 6.07) is 12.6. The molecule has 0 saturated heterocycles. The van der Waals surface area contributed by atoms with Crippen molar-refractivity contribution in [3.8, 4) is 5.75 Å². The van der Waals surface area contributed by atoms with Crippen molar-refractivity contribution >= 4 is 39.8 Å². The topological polar surface area (TPSA) is 110 Å². The zero-order valence-electron chi connectivity index (χ0n) is 25.2. The Kier molecular flexibility index (Phi) is 9.24. The molecule has 10 nitrogen and oxygen atoms in total. The molecule has 1 aliphatic heterocycles. The molecule has 43 heavy (non-hydrogen) atoms. The van der Waals surface area contributed by atoms with Crippen molar-refractivity contribution in [2.24, 2.45) is 5.92 Å². The molecule has 0 fully saturated rings. The van der Waals surface area contributed by atoms with E-state index in [0.717, 1.165) is 66.3 Å². The number of ether oxygens (including phenoxy) is 1. The minimum atomic E-state index is 0.0185. The van der Waals surface area contributed by atoms with Crippen LogP contribution in [-0.2, 0) is 11.2 Å². The molecule has 5 aromatic rings. The van der Waals surface area contributed by atoms with Crippen LogP contribution in [0.2, 0.25) is 0 Å². The van der Waals surface area contributed by atoms with E-state index in [1.807, 2.05) is 12.3 Å². The quantitative estimate of drug-likeness (QED) is 0.218. The molecule has 0 amide bonds. The maximum atomic E-state index is 9.69. The van der Waals surface area contributed by atoms with Crippen molar-refractivity contribution in [3.05, 3.63) is 84.6 Å². The van der Waals surface area contributed by atoms with Gasteiger partial charge >= 0.3 is 0 Å². The van der Waals surface area contributed by atoms with Crippen molar-refractivity contribution in [1.29, 1.82) is 0 Å². The Morgan fingerprint density at radius 1 is 1.16 bits per heavy atom. The summed E-state index contributed by atoms with van der Waals surface area (Å²) in [4.78, 5) is 30.5. The number of unbranched alkanes of at least 4 members (excludes halogenated alkanes) is 1. The van der Waals surface area contributed by atoms with Gasteiger partial charge in [-0.05, 0) is 73.7 Å². The molecule has 222 valence electrons. The van der Waals surface area contributed by atoms with Crippen molar-refractivity contribution in [3.63, 3.8) is 0 Å². The lowest BCUT2D eigenvalue weighted by atomic mass is 10.0. The van der Waals surface area contributed by atoms with Gasteiger partial charge < -0.3 is 15.0 Å². The molecule has 1 unspecified atom stereocenters. The number of benzene rings is 1. The molecule has 0 saturated carbocycles. The second-order valence-electron chi connectivity index (χ2n) is 11.0. The summed E-state index contributed by atoms with van der Waals surface area (Å²) >= 11 is 0. The zero-order valence-corrected chi connectivity index (χ0v) is 25.2. The summed E-state index contributed by atoms with van der Waals surface area (Å²) in [5.41, 5.74) is 6.98. The monoisotopic (exact) mass is 578 g/mol. The van der Waals surface area contributed by atoms with E-state index in [2.05, 4.69) is 87.9 Å². The molecular weight excluding hydrogens is 540 g/mol. The second-order valence-corrected chi connectivity index (χ2v) is 11.0. The van der Waals surface area contributed by atoms with Gasteiger partial charge in [-0.1, -0.05) is 32.9 Å². The fourth-order valence-electron chi connectivity index (χ4n) is 4.97. The van der Waals surface area contributed by atoms with Crippen LogP contribution in [0.5, 0.6) is 5.75 Å². The Balaban J connectivity index is 0.000000682. The summed E-state index contributed by atoms with van der Waals surface area (Å²) < 4.78 is 7.92. The highest BCUT2D eigenvalue weighted by Gasteiger charge is 2.23. The third kappa shape index (κ3) is 7.14.